The van der Waals surface area contributed by atoms with E-state index < -0.39 is 5.97 Å². The maximum absolute atomic E-state index is 14.0. The number of nitrogens with zero attached hydrogens (tertiary/aromatic N) is 2. The van der Waals surface area contributed by atoms with Crippen molar-refractivity contribution in [3.05, 3.63) is 161 Å². The van der Waals surface area contributed by atoms with Crippen molar-refractivity contribution >= 4 is 17.8 Å². The largest absolute Gasteiger partial charge is 0.485 e. The van der Waals surface area contributed by atoms with Crippen LogP contribution in [-0.2, 0) is 24.6 Å². The van der Waals surface area contributed by atoms with Crippen molar-refractivity contribution in [3.8, 4) is 17.2 Å². The lowest BCUT2D eigenvalue weighted by molar-refractivity contribution is 0.0534. The summed E-state index contributed by atoms with van der Waals surface area (Å²) in [4.78, 5) is 42.5. The maximum atomic E-state index is 14.0. The zero-order valence-corrected chi connectivity index (χ0v) is 27.8. The van der Waals surface area contributed by atoms with Crippen LogP contribution in [-0.4, -0.2) is 60.9 Å². The van der Waals surface area contributed by atoms with Crippen LogP contribution in [0.15, 0.2) is 127 Å². The lowest BCUT2D eigenvalue weighted by Crippen LogP contribution is -2.50. The number of hydrogen-bond acceptors (Lipinski definition) is 7. The smallest absolute Gasteiger partial charge is 0.337 e. The summed E-state index contributed by atoms with van der Waals surface area (Å²) in [5, 5.41) is 0. The first-order valence-electron chi connectivity index (χ1n) is 16.4. The average molecular weight is 671 g/mol. The molecule has 254 valence electrons. The van der Waals surface area contributed by atoms with Crippen LogP contribution in [0.2, 0.25) is 0 Å². The van der Waals surface area contributed by atoms with E-state index in [1.54, 1.807) is 46.2 Å². The van der Waals surface area contributed by atoms with Crippen molar-refractivity contribution in [2.45, 2.75) is 19.8 Å². The highest BCUT2D eigenvalue weighted by molar-refractivity contribution is 5.97. The molecular formula is C41H38N2O7. The summed E-state index contributed by atoms with van der Waals surface area (Å²) >= 11 is 0. The molecule has 0 radical (unpaired) electrons. The highest BCUT2D eigenvalue weighted by Crippen LogP contribution is 2.41. The van der Waals surface area contributed by atoms with Crippen molar-refractivity contribution in [1.29, 1.82) is 0 Å². The van der Waals surface area contributed by atoms with Gasteiger partial charge in [-0.2, -0.15) is 0 Å². The van der Waals surface area contributed by atoms with Gasteiger partial charge in [-0.1, -0.05) is 91.0 Å². The van der Waals surface area contributed by atoms with Crippen LogP contribution in [0.4, 0.5) is 0 Å². The normalized spacial score (nSPS) is 12.6. The summed E-state index contributed by atoms with van der Waals surface area (Å²) in [5.41, 5.74) is 4.12. The summed E-state index contributed by atoms with van der Waals surface area (Å²) in [6.45, 7) is 2.21. The molecule has 50 heavy (non-hydrogen) atoms. The fraction of sp³-hybridized carbons (Fsp3) is 0.195. The first kappa shape index (κ1) is 33.8. The van der Waals surface area contributed by atoms with Crippen molar-refractivity contribution in [2.75, 3.05) is 33.3 Å². The number of carbonyl (C=O) groups is 3. The Morgan fingerprint density at radius 2 is 0.880 bits per heavy atom. The molecule has 0 atom stereocenters. The Balaban J connectivity index is 1.23. The molecule has 0 saturated carbocycles. The highest BCUT2D eigenvalue weighted by Gasteiger charge is 2.28. The van der Waals surface area contributed by atoms with E-state index in [4.69, 9.17) is 18.9 Å². The monoisotopic (exact) mass is 670 g/mol. The number of hydrogen-bond donors (Lipinski definition) is 0. The predicted octanol–water partition coefficient (Wildman–Crippen LogP) is 6.81. The Morgan fingerprint density at radius 3 is 1.30 bits per heavy atom. The number of carbonyl (C=O) groups excluding carboxylic acids is 3. The predicted molar refractivity (Wildman–Crippen MR) is 188 cm³/mol. The van der Waals surface area contributed by atoms with Crippen LogP contribution < -0.4 is 14.2 Å². The van der Waals surface area contributed by atoms with Crippen LogP contribution in [0, 0.1) is 0 Å². The SMILES string of the molecule is COC(=O)c1ccc(C(=O)N2CCN(C(=O)c3cc(OCc4ccccc4)c(OCc4ccccc4)c(OCc4ccccc4)c3)CC2)cc1. The van der Waals surface area contributed by atoms with Gasteiger partial charge in [-0.3, -0.25) is 9.59 Å². The number of amides is 2. The van der Waals surface area contributed by atoms with Gasteiger partial charge in [-0.25, -0.2) is 4.79 Å². The molecule has 0 aromatic heterocycles. The second-order valence-electron chi connectivity index (χ2n) is 11.8. The van der Waals surface area contributed by atoms with Gasteiger partial charge in [0, 0.05) is 37.3 Å². The molecule has 5 aromatic rings. The van der Waals surface area contributed by atoms with E-state index >= 15 is 0 Å². The van der Waals surface area contributed by atoms with Gasteiger partial charge >= 0.3 is 5.97 Å². The molecule has 1 fully saturated rings. The van der Waals surface area contributed by atoms with Crippen LogP contribution in [0.3, 0.4) is 0 Å². The van der Waals surface area contributed by atoms with Crippen molar-refractivity contribution in [2.24, 2.45) is 0 Å². The van der Waals surface area contributed by atoms with Crippen LogP contribution >= 0.6 is 0 Å². The number of rotatable bonds is 12. The number of esters is 1. The average Bonchev–Trinajstić information content (AvgIpc) is 3.19. The zero-order valence-electron chi connectivity index (χ0n) is 27.8. The molecule has 1 saturated heterocycles. The first-order chi connectivity index (χ1) is 24.5. The van der Waals surface area contributed by atoms with Crippen molar-refractivity contribution in [3.63, 3.8) is 0 Å². The first-order valence-corrected chi connectivity index (χ1v) is 16.4. The Kier molecular flexibility index (Phi) is 11.0. The molecule has 5 aromatic carbocycles. The standard InChI is InChI=1S/C41H38N2O7/c1-47-41(46)34-19-17-33(18-20-34)39(44)42-21-23-43(24-22-42)40(45)35-25-36(48-27-30-11-5-2-6-12-30)38(50-29-32-15-9-4-10-16-32)37(26-35)49-28-31-13-7-3-8-14-31/h2-20,25-26H,21-24,27-29H2,1H3. The molecule has 0 N–H and O–H groups in total. The molecule has 9 nitrogen and oxygen atoms in total. The minimum Gasteiger partial charge on any atom is -0.485 e. The minimum atomic E-state index is -0.464. The third-order valence-electron chi connectivity index (χ3n) is 8.38. The minimum absolute atomic E-state index is 0.165. The third-order valence-corrected chi connectivity index (χ3v) is 8.38. The van der Waals surface area contributed by atoms with Gasteiger partial charge in [-0.15, -0.1) is 0 Å². The fourth-order valence-electron chi connectivity index (χ4n) is 5.60. The van der Waals surface area contributed by atoms with E-state index in [1.165, 1.54) is 7.11 Å². The Bertz CT molecular complexity index is 1830. The summed E-state index contributed by atoms with van der Waals surface area (Å²) in [7, 11) is 1.31. The van der Waals surface area contributed by atoms with Gasteiger partial charge in [0.05, 0.1) is 12.7 Å². The molecule has 0 unspecified atom stereocenters. The molecule has 1 aliphatic heterocycles. The fourth-order valence-corrected chi connectivity index (χ4v) is 5.60. The second kappa shape index (κ2) is 16.3. The lowest BCUT2D eigenvalue weighted by Gasteiger charge is -2.35. The van der Waals surface area contributed by atoms with Gasteiger partial charge in [0.1, 0.15) is 19.8 Å². The van der Waals surface area contributed by atoms with Gasteiger partial charge in [0.2, 0.25) is 5.75 Å². The number of piperazine rings is 1. The number of ether oxygens (including phenoxy) is 4. The number of methoxy groups -OCH3 is 1. The van der Waals surface area contributed by atoms with Gasteiger partial charge in [-0.05, 0) is 53.1 Å². The maximum Gasteiger partial charge on any atom is 0.337 e. The summed E-state index contributed by atoms with van der Waals surface area (Å²) in [5.74, 6) is 0.357. The Labute approximate surface area is 291 Å². The third kappa shape index (κ3) is 8.49. The van der Waals surface area contributed by atoms with Crippen LogP contribution in [0.25, 0.3) is 0 Å². The summed E-state index contributed by atoms with van der Waals surface area (Å²) in [6, 6.07) is 39.2. The molecule has 1 heterocycles. The molecule has 0 spiro atoms. The molecule has 9 heteroatoms. The van der Waals surface area contributed by atoms with E-state index in [9.17, 15) is 14.4 Å². The second-order valence-corrected chi connectivity index (χ2v) is 11.8. The van der Waals surface area contributed by atoms with E-state index in [2.05, 4.69) is 0 Å². The van der Waals surface area contributed by atoms with Gasteiger partial charge < -0.3 is 28.7 Å². The molecule has 6 rings (SSSR count). The van der Waals surface area contributed by atoms with Crippen molar-refractivity contribution < 1.29 is 33.3 Å². The molecular weight excluding hydrogens is 632 g/mol. The van der Waals surface area contributed by atoms with E-state index in [0.29, 0.717) is 60.1 Å². The van der Waals surface area contributed by atoms with Crippen LogP contribution in [0.5, 0.6) is 17.2 Å². The Morgan fingerprint density at radius 1 is 0.500 bits per heavy atom. The molecule has 1 aliphatic rings. The van der Waals surface area contributed by atoms with Gasteiger partial charge in [0.25, 0.3) is 11.8 Å². The Hall–Kier alpha value is -6.09. The quantitative estimate of drug-likeness (QED) is 0.135. The lowest BCUT2D eigenvalue weighted by atomic mass is 10.1. The van der Waals surface area contributed by atoms with Crippen LogP contribution in [0.1, 0.15) is 47.8 Å². The van der Waals surface area contributed by atoms with E-state index in [-0.39, 0.29) is 31.6 Å². The highest BCUT2D eigenvalue weighted by atomic mass is 16.5. The van der Waals surface area contributed by atoms with Crippen molar-refractivity contribution in [1.82, 2.24) is 9.80 Å². The molecule has 0 bridgehead atoms. The number of benzene rings is 5. The zero-order chi connectivity index (χ0) is 34.7. The summed E-state index contributed by atoms with van der Waals surface area (Å²) < 4.78 is 23.8. The summed E-state index contributed by atoms with van der Waals surface area (Å²) in [6.07, 6.45) is 0. The topological polar surface area (TPSA) is 94.6 Å². The molecule has 0 aliphatic carbocycles. The molecule has 2 amide bonds. The van der Waals surface area contributed by atoms with E-state index in [0.717, 1.165) is 16.7 Å². The van der Waals surface area contributed by atoms with E-state index in [1.807, 2.05) is 91.0 Å². The van der Waals surface area contributed by atoms with Gasteiger partial charge in [0.15, 0.2) is 11.5 Å².